The molecule has 0 amide bonds. The molecule has 1 aromatic rings. The lowest BCUT2D eigenvalue weighted by molar-refractivity contribution is 0.0884. The lowest BCUT2D eigenvalue weighted by Gasteiger charge is -2.17. The first-order chi connectivity index (χ1) is 7.84. The molecule has 0 saturated carbocycles. The maximum atomic E-state index is 11.7. The van der Waals surface area contributed by atoms with Gasteiger partial charge in [-0.25, -0.2) is 0 Å². The van der Waals surface area contributed by atoms with Crippen LogP contribution in [0.1, 0.15) is 16.8 Å². The number of ether oxygens (including phenoxy) is 1. The molecule has 94 valence electrons. The van der Waals surface area contributed by atoms with E-state index >= 15 is 0 Å². The molecule has 3 nitrogen and oxygen atoms in total. The number of rotatable bonds is 4. The summed E-state index contributed by atoms with van der Waals surface area (Å²) in [6.45, 7) is 0. The summed E-state index contributed by atoms with van der Waals surface area (Å²) in [6.07, 6.45) is -1.58. The summed E-state index contributed by atoms with van der Waals surface area (Å²) >= 11 is 16.4. The minimum atomic E-state index is -1.86. The van der Waals surface area contributed by atoms with Crippen LogP contribution < -0.4 is 4.74 Å². The Morgan fingerprint density at radius 2 is 1.88 bits per heavy atom. The Hall–Kier alpha value is -0.480. The first kappa shape index (κ1) is 14.6. The third kappa shape index (κ3) is 4.36. The summed E-state index contributed by atoms with van der Waals surface area (Å²) in [5, 5.41) is 9.48. The number of carbonyl (C=O) groups is 1. The monoisotopic (exact) mass is 296 g/mol. The number of aliphatic hydroxyl groups is 1. The molecule has 1 rings (SSSR count). The van der Waals surface area contributed by atoms with Gasteiger partial charge in [-0.1, -0.05) is 34.8 Å². The van der Waals surface area contributed by atoms with E-state index in [-0.39, 0.29) is 12.2 Å². The molecule has 1 aromatic carbocycles. The third-order valence-corrected chi connectivity index (χ3v) is 2.92. The Morgan fingerprint density at radius 1 is 1.35 bits per heavy atom. The molecule has 0 aliphatic rings. The first-order valence-electron chi connectivity index (χ1n) is 4.76. The van der Waals surface area contributed by atoms with Gasteiger partial charge < -0.3 is 9.84 Å². The molecule has 0 aromatic heterocycles. The second kappa shape index (κ2) is 5.91. The number of methoxy groups -OCH3 is 1. The van der Waals surface area contributed by atoms with E-state index in [4.69, 9.17) is 39.5 Å². The van der Waals surface area contributed by atoms with Crippen LogP contribution in [0.15, 0.2) is 24.3 Å². The zero-order valence-corrected chi connectivity index (χ0v) is 11.3. The number of hydrogen-bond acceptors (Lipinski definition) is 3. The average Bonchev–Trinajstić information content (AvgIpc) is 2.27. The van der Waals surface area contributed by atoms with Crippen molar-refractivity contribution >= 4 is 40.6 Å². The molecule has 0 aliphatic heterocycles. The van der Waals surface area contributed by atoms with Crippen molar-refractivity contribution in [1.82, 2.24) is 0 Å². The van der Waals surface area contributed by atoms with Gasteiger partial charge >= 0.3 is 0 Å². The van der Waals surface area contributed by atoms with Gasteiger partial charge in [-0.05, 0) is 24.3 Å². The maximum Gasteiger partial charge on any atom is 0.216 e. The van der Waals surface area contributed by atoms with Crippen molar-refractivity contribution in [3.8, 4) is 5.75 Å². The van der Waals surface area contributed by atoms with E-state index in [9.17, 15) is 9.90 Å². The summed E-state index contributed by atoms with van der Waals surface area (Å²) in [7, 11) is 1.53. The fourth-order valence-corrected chi connectivity index (χ4v) is 1.42. The molecule has 17 heavy (non-hydrogen) atoms. The molecule has 0 heterocycles. The minimum Gasteiger partial charge on any atom is -0.497 e. The van der Waals surface area contributed by atoms with Crippen molar-refractivity contribution in [2.45, 2.75) is 16.3 Å². The number of hydrogen-bond donors (Lipinski definition) is 1. The second-order valence-corrected chi connectivity index (χ2v) is 5.78. The number of Topliss-reactive ketones (excluding diaryl/α,β-unsaturated/α-hetero) is 1. The van der Waals surface area contributed by atoms with Gasteiger partial charge in [0, 0.05) is 12.0 Å². The fourth-order valence-electron chi connectivity index (χ4n) is 1.19. The fraction of sp³-hybridized carbons (Fsp3) is 0.364. The molecular formula is C11H11Cl3O3. The maximum absolute atomic E-state index is 11.7. The number of alkyl halides is 3. The summed E-state index contributed by atoms with van der Waals surface area (Å²) in [5.74, 6) is 0.343. The molecule has 0 fully saturated rings. The van der Waals surface area contributed by atoms with Crippen molar-refractivity contribution in [2.24, 2.45) is 0 Å². The highest BCUT2D eigenvalue weighted by Gasteiger charge is 2.32. The van der Waals surface area contributed by atoms with Crippen molar-refractivity contribution < 1.29 is 14.6 Å². The number of halogens is 3. The highest BCUT2D eigenvalue weighted by atomic mass is 35.6. The minimum absolute atomic E-state index is 0.247. The van der Waals surface area contributed by atoms with Crippen LogP contribution in [0, 0.1) is 0 Å². The van der Waals surface area contributed by atoms with Gasteiger partial charge in [0.2, 0.25) is 3.79 Å². The Labute approximate surface area is 114 Å². The molecule has 6 heteroatoms. The molecule has 0 aliphatic carbocycles. The quantitative estimate of drug-likeness (QED) is 0.686. The van der Waals surface area contributed by atoms with Crippen molar-refractivity contribution in [2.75, 3.05) is 7.11 Å². The van der Waals surface area contributed by atoms with E-state index in [2.05, 4.69) is 0 Å². The average molecular weight is 298 g/mol. The van der Waals surface area contributed by atoms with Crippen LogP contribution in [-0.4, -0.2) is 27.9 Å². The van der Waals surface area contributed by atoms with Crippen LogP contribution in [0.3, 0.4) is 0 Å². The van der Waals surface area contributed by atoms with Crippen molar-refractivity contribution in [3.05, 3.63) is 29.8 Å². The molecule has 1 atom stereocenters. The van der Waals surface area contributed by atoms with Gasteiger partial charge in [-0.2, -0.15) is 0 Å². The van der Waals surface area contributed by atoms with Crippen LogP contribution >= 0.6 is 34.8 Å². The van der Waals surface area contributed by atoms with Gasteiger partial charge in [-0.15, -0.1) is 0 Å². The van der Waals surface area contributed by atoms with Gasteiger partial charge in [0.25, 0.3) is 0 Å². The highest BCUT2D eigenvalue weighted by molar-refractivity contribution is 6.68. The van der Waals surface area contributed by atoms with E-state index in [1.165, 1.54) is 7.11 Å². The lowest BCUT2D eigenvalue weighted by atomic mass is 10.1. The predicted molar refractivity (Wildman–Crippen MR) is 68.2 cm³/mol. The van der Waals surface area contributed by atoms with Crippen molar-refractivity contribution in [3.63, 3.8) is 0 Å². The number of benzene rings is 1. The van der Waals surface area contributed by atoms with Crippen LogP contribution in [0.2, 0.25) is 0 Å². The molecular weight excluding hydrogens is 286 g/mol. The highest BCUT2D eigenvalue weighted by Crippen LogP contribution is 2.32. The summed E-state index contributed by atoms with van der Waals surface area (Å²) in [5.41, 5.74) is 0.430. The van der Waals surface area contributed by atoms with E-state index < -0.39 is 9.90 Å². The molecule has 0 radical (unpaired) electrons. The standard InChI is InChI=1S/C11H11Cl3O3/c1-17-8-4-2-7(3-5-8)9(15)6-10(16)11(12,13)14/h2-5,10,16H,6H2,1H3/t10-/m0/s1. The molecule has 0 unspecified atom stereocenters. The van der Waals surface area contributed by atoms with Gasteiger partial charge in [-0.3, -0.25) is 4.79 Å². The largest absolute Gasteiger partial charge is 0.497 e. The summed E-state index contributed by atoms with van der Waals surface area (Å²) < 4.78 is 3.10. The Balaban J connectivity index is 2.70. The summed E-state index contributed by atoms with van der Waals surface area (Å²) in [6, 6.07) is 6.47. The number of ketones is 1. The molecule has 0 bridgehead atoms. The van der Waals surface area contributed by atoms with Gasteiger partial charge in [0.1, 0.15) is 11.9 Å². The third-order valence-electron chi connectivity index (χ3n) is 2.17. The van der Waals surface area contributed by atoms with E-state index in [0.29, 0.717) is 11.3 Å². The molecule has 1 N–H and O–H groups in total. The lowest BCUT2D eigenvalue weighted by Crippen LogP contribution is -2.28. The topological polar surface area (TPSA) is 46.5 Å². The summed E-state index contributed by atoms with van der Waals surface area (Å²) in [4.78, 5) is 11.7. The van der Waals surface area contributed by atoms with E-state index in [0.717, 1.165) is 0 Å². The van der Waals surface area contributed by atoms with Gasteiger partial charge in [0.15, 0.2) is 5.78 Å². The van der Waals surface area contributed by atoms with E-state index in [1.807, 2.05) is 0 Å². The SMILES string of the molecule is COc1ccc(C(=O)C[C@H](O)C(Cl)(Cl)Cl)cc1. The Bertz CT molecular complexity index is 384. The number of aliphatic hydroxyl groups excluding tert-OH is 1. The molecule has 0 saturated heterocycles. The van der Waals surface area contributed by atoms with Crippen LogP contribution in [0.5, 0.6) is 5.75 Å². The normalized spacial score (nSPS) is 13.2. The zero-order chi connectivity index (χ0) is 13.1. The Morgan fingerprint density at radius 3 is 2.29 bits per heavy atom. The van der Waals surface area contributed by atoms with Crippen LogP contribution in [-0.2, 0) is 0 Å². The van der Waals surface area contributed by atoms with Gasteiger partial charge in [0.05, 0.1) is 7.11 Å². The Kier molecular flexibility index (Phi) is 5.07. The van der Waals surface area contributed by atoms with Crippen LogP contribution in [0.25, 0.3) is 0 Å². The zero-order valence-electron chi connectivity index (χ0n) is 8.99. The van der Waals surface area contributed by atoms with E-state index in [1.54, 1.807) is 24.3 Å². The van der Waals surface area contributed by atoms with Crippen LogP contribution in [0.4, 0.5) is 0 Å². The molecule has 0 spiro atoms. The number of carbonyl (C=O) groups excluding carboxylic acids is 1. The first-order valence-corrected chi connectivity index (χ1v) is 5.90. The predicted octanol–water partition coefficient (Wildman–Crippen LogP) is 3.00. The van der Waals surface area contributed by atoms with Crippen molar-refractivity contribution in [1.29, 1.82) is 0 Å². The second-order valence-electron chi connectivity index (χ2n) is 3.41. The smallest absolute Gasteiger partial charge is 0.216 e.